The Labute approximate surface area is 325 Å². The van der Waals surface area contributed by atoms with E-state index in [0.29, 0.717) is 12.8 Å². The number of carbonyl (C=O) groups is 7. The Morgan fingerprint density at radius 3 is 2.07 bits per heavy atom. The van der Waals surface area contributed by atoms with E-state index in [4.69, 9.17) is 15.2 Å². The summed E-state index contributed by atoms with van der Waals surface area (Å²) in [5.41, 5.74) is 7.43. The maximum Gasteiger partial charge on any atom is 0.306 e. The van der Waals surface area contributed by atoms with Crippen LogP contribution in [-0.4, -0.2) is 77.3 Å². The first-order chi connectivity index (χ1) is 26.2. The lowest BCUT2D eigenvalue weighted by Crippen LogP contribution is -2.46. The summed E-state index contributed by atoms with van der Waals surface area (Å²) in [6.45, 7) is 10.0. The van der Waals surface area contributed by atoms with Gasteiger partial charge in [-0.25, -0.2) is 0 Å². The smallest absolute Gasteiger partial charge is 0.306 e. The molecule has 3 unspecified atom stereocenters. The number of carbonyl (C=O) groups excluding carboxylic acids is 7. The number of hydrogen-bond acceptors (Lipinski definition) is 9. The fourth-order valence-corrected chi connectivity index (χ4v) is 6.71. The second kappa shape index (κ2) is 22.6. The molecule has 0 spiro atoms. The molecule has 2 aromatic rings. The van der Waals surface area contributed by atoms with Crippen LogP contribution in [0.2, 0.25) is 0 Å². The molecular formula is C43H59N3O9. The highest BCUT2D eigenvalue weighted by Crippen LogP contribution is 2.30. The maximum atomic E-state index is 14.2. The van der Waals surface area contributed by atoms with Gasteiger partial charge in [-0.15, -0.1) is 0 Å². The van der Waals surface area contributed by atoms with Crippen LogP contribution in [0.5, 0.6) is 0 Å². The van der Waals surface area contributed by atoms with Crippen LogP contribution in [-0.2, 0) is 56.1 Å². The van der Waals surface area contributed by atoms with Crippen molar-refractivity contribution in [2.75, 3.05) is 13.2 Å². The SMILES string of the molecule is CCCC(CC(=O)[C@@H]1C[C@@H](OCc2ccccc2)CN1C(=O)C(CC(=O)OCC(C)C)C(C)C)C(=O)C(=O)CCC(=O)NC(CCc1ccccc1)C(N)=O. The zero-order valence-corrected chi connectivity index (χ0v) is 33.0. The van der Waals surface area contributed by atoms with Gasteiger partial charge in [-0.3, -0.25) is 33.6 Å². The fourth-order valence-electron chi connectivity index (χ4n) is 6.71. The average Bonchev–Trinajstić information content (AvgIpc) is 3.60. The summed E-state index contributed by atoms with van der Waals surface area (Å²) in [7, 11) is 0. The molecule has 0 saturated carbocycles. The second-order valence-corrected chi connectivity index (χ2v) is 15.3. The highest BCUT2D eigenvalue weighted by atomic mass is 16.5. The first-order valence-electron chi connectivity index (χ1n) is 19.5. The van der Waals surface area contributed by atoms with Crippen molar-refractivity contribution in [3.8, 4) is 0 Å². The number of esters is 1. The highest BCUT2D eigenvalue weighted by Gasteiger charge is 2.44. The van der Waals surface area contributed by atoms with Crippen molar-refractivity contribution in [3.63, 3.8) is 0 Å². The Morgan fingerprint density at radius 2 is 1.49 bits per heavy atom. The summed E-state index contributed by atoms with van der Waals surface area (Å²) in [6, 6.07) is 17.1. The molecule has 3 amide bonds. The molecule has 1 aliphatic rings. The zero-order chi connectivity index (χ0) is 40.5. The molecule has 2 aromatic carbocycles. The number of ether oxygens (including phenoxy) is 2. The number of Topliss-reactive ketones (excluding diaryl/α,β-unsaturated/α-hetero) is 3. The van der Waals surface area contributed by atoms with Crippen molar-refractivity contribution >= 4 is 41.0 Å². The molecule has 0 radical (unpaired) electrons. The molecule has 1 aliphatic heterocycles. The number of benzene rings is 2. The lowest BCUT2D eigenvalue weighted by atomic mass is 9.87. The van der Waals surface area contributed by atoms with E-state index in [2.05, 4.69) is 5.32 Å². The molecule has 1 heterocycles. The number of ketones is 3. The fraction of sp³-hybridized carbons (Fsp3) is 0.558. The molecule has 12 nitrogen and oxygen atoms in total. The molecule has 5 atom stereocenters. The predicted molar refractivity (Wildman–Crippen MR) is 207 cm³/mol. The van der Waals surface area contributed by atoms with E-state index in [0.717, 1.165) is 11.1 Å². The Hall–Kier alpha value is -4.71. The number of rotatable bonds is 24. The standard InChI is InChI=1S/C43H59N3O9/c1-6-13-32(41(51)37(47)20-21-39(49)45-35(42(44)52)19-18-30-14-9-7-10-15-30)22-38(48)36-23-33(54-27-31-16-11-8-12-17-31)25-46(36)43(53)34(29(4)5)24-40(50)55-26-28(2)3/h7-12,14-17,28-29,32-36H,6,13,18-27H2,1-5H3,(H2,44,52)(H,45,49)/t32?,33-,34?,35?,36+/m1/s1. The van der Waals surface area contributed by atoms with E-state index < -0.39 is 65.8 Å². The summed E-state index contributed by atoms with van der Waals surface area (Å²) in [4.78, 5) is 93.9. The van der Waals surface area contributed by atoms with Crippen LogP contribution in [0.25, 0.3) is 0 Å². The van der Waals surface area contributed by atoms with E-state index in [1.165, 1.54) is 4.90 Å². The van der Waals surface area contributed by atoms with Gasteiger partial charge in [0.15, 0.2) is 11.6 Å². The molecule has 3 N–H and O–H groups in total. The lowest BCUT2D eigenvalue weighted by molar-refractivity contribution is -0.152. The van der Waals surface area contributed by atoms with E-state index in [9.17, 15) is 33.6 Å². The third-order valence-corrected chi connectivity index (χ3v) is 9.88. The van der Waals surface area contributed by atoms with Gasteiger partial charge in [0.1, 0.15) is 6.04 Å². The Kier molecular flexibility index (Phi) is 18.4. The van der Waals surface area contributed by atoms with Crippen LogP contribution < -0.4 is 11.1 Å². The molecule has 0 aromatic heterocycles. The third-order valence-electron chi connectivity index (χ3n) is 9.88. The monoisotopic (exact) mass is 761 g/mol. The first-order valence-corrected chi connectivity index (χ1v) is 19.5. The number of nitrogens with two attached hydrogens (primary N) is 1. The average molecular weight is 762 g/mol. The van der Waals surface area contributed by atoms with Crippen LogP contribution in [0.3, 0.4) is 0 Å². The summed E-state index contributed by atoms with van der Waals surface area (Å²) in [5, 5.41) is 2.58. The quantitative estimate of drug-likeness (QED) is 0.111. The van der Waals surface area contributed by atoms with Crippen LogP contribution in [0.4, 0.5) is 0 Å². The van der Waals surface area contributed by atoms with E-state index in [1.54, 1.807) is 0 Å². The minimum Gasteiger partial charge on any atom is -0.465 e. The number of aryl methyl sites for hydroxylation is 1. The number of nitrogens with one attached hydrogen (secondary N) is 1. The topological polar surface area (TPSA) is 179 Å². The minimum atomic E-state index is -0.942. The molecule has 0 bridgehead atoms. The molecule has 55 heavy (non-hydrogen) atoms. The van der Waals surface area contributed by atoms with Crippen LogP contribution in [0.15, 0.2) is 60.7 Å². The number of nitrogens with zero attached hydrogens (tertiary/aromatic N) is 1. The Bertz CT molecular complexity index is 1590. The summed E-state index contributed by atoms with van der Waals surface area (Å²) in [6.07, 6.45) is 0.161. The van der Waals surface area contributed by atoms with Gasteiger partial charge in [-0.05, 0) is 42.2 Å². The number of amides is 3. The van der Waals surface area contributed by atoms with E-state index in [1.807, 2.05) is 95.3 Å². The summed E-state index contributed by atoms with van der Waals surface area (Å²) in [5.74, 6) is -5.83. The van der Waals surface area contributed by atoms with Crippen molar-refractivity contribution in [1.29, 1.82) is 0 Å². The van der Waals surface area contributed by atoms with Gasteiger partial charge in [0.05, 0.1) is 37.7 Å². The van der Waals surface area contributed by atoms with Gasteiger partial charge in [0.25, 0.3) is 0 Å². The Morgan fingerprint density at radius 1 is 0.855 bits per heavy atom. The molecule has 0 aliphatic carbocycles. The number of likely N-dealkylation sites (tertiary alicyclic amines) is 1. The molecule has 12 heteroatoms. The van der Waals surface area contributed by atoms with Gasteiger partial charge < -0.3 is 25.4 Å². The lowest BCUT2D eigenvalue weighted by Gasteiger charge is -2.30. The van der Waals surface area contributed by atoms with Crippen molar-refractivity contribution in [1.82, 2.24) is 10.2 Å². The molecule has 300 valence electrons. The highest BCUT2D eigenvalue weighted by molar-refractivity contribution is 6.38. The molecule has 1 fully saturated rings. The van der Waals surface area contributed by atoms with Crippen molar-refractivity contribution in [3.05, 3.63) is 71.8 Å². The van der Waals surface area contributed by atoms with Crippen LogP contribution in [0.1, 0.15) is 97.1 Å². The second-order valence-electron chi connectivity index (χ2n) is 15.3. The van der Waals surface area contributed by atoms with Gasteiger partial charge >= 0.3 is 5.97 Å². The first kappa shape index (κ1) is 44.7. The van der Waals surface area contributed by atoms with Gasteiger partial charge in [0, 0.05) is 38.1 Å². The van der Waals surface area contributed by atoms with Crippen molar-refractivity contribution in [2.24, 2.45) is 29.4 Å². The van der Waals surface area contributed by atoms with Crippen molar-refractivity contribution < 1.29 is 43.0 Å². The molecular weight excluding hydrogens is 702 g/mol. The van der Waals surface area contributed by atoms with E-state index in [-0.39, 0.29) is 81.8 Å². The zero-order valence-electron chi connectivity index (χ0n) is 33.0. The van der Waals surface area contributed by atoms with Crippen molar-refractivity contribution in [2.45, 2.75) is 117 Å². The number of hydrogen-bond donors (Lipinski definition) is 2. The van der Waals surface area contributed by atoms with Gasteiger partial charge in [0.2, 0.25) is 23.5 Å². The Balaban J connectivity index is 1.69. The molecule has 1 saturated heterocycles. The van der Waals surface area contributed by atoms with E-state index >= 15 is 0 Å². The molecule has 3 rings (SSSR count). The van der Waals surface area contributed by atoms with Gasteiger partial charge in [-0.1, -0.05) is 102 Å². The summed E-state index contributed by atoms with van der Waals surface area (Å²) < 4.78 is 11.6. The third kappa shape index (κ3) is 14.8. The van der Waals surface area contributed by atoms with Crippen LogP contribution >= 0.6 is 0 Å². The number of primary amides is 1. The summed E-state index contributed by atoms with van der Waals surface area (Å²) >= 11 is 0. The minimum absolute atomic E-state index is 0.129. The van der Waals surface area contributed by atoms with Crippen LogP contribution in [0, 0.1) is 23.7 Å². The van der Waals surface area contributed by atoms with Gasteiger partial charge in [-0.2, -0.15) is 0 Å². The maximum absolute atomic E-state index is 14.2. The predicted octanol–water partition coefficient (Wildman–Crippen LogP) is 4.93. The largest absolute Gasteiger partial charge is 0.465 e. The normalized spacial score (nSPS) is 17.0.